The van der Waals surface area contributed by atoms with Gasteiger partial charge in [-0.25, -0.2) is 9.18 Å². The quantitative estimate of drug-likeness (QED) is 0.848. The molecule has 0 aliphatic carbocycles. The van der Waals surface area contributed by atoms with Crippen molar-refractivity contribution < 1.29 is 27.8 Å². The number of amides is 1. The highest BCUT2D eigenvalue weighted by molar-refractivity contribution is 5.67. The zero-order valence-electron chi connectivity index (χ0n) is 14.5. The van der Waals surface area contributed by atoms with Gasteiger partial charge in [0.1, 0.15) is 17.5 Å². The van der Waals surface area contributed by atoms with Crippen LogP contribution in [0, 0.1) is 11.7 Å². The molecule has 1 aromatic carbocycles. The SMILES string of the molecule is CC(C)C(O)C(F)(F)c1cccc(CNC(=O)OC(C)(C)C)c1F. The molecule has 0 heterocycles. The average Bonchev–Trinajstić information content (AvgIpc) is 2.43. The Bertz CT molecular complexity index is 583. The van der Waals surface area contributed by atoms with Gasteiger partial charge in [0.15, 0.2) is 0 Å². The molecule has 0 aromatic heterocycles. The van der Waals surface area contributed by atoms with Crippen molar-refractivity contribution in [2.75, 3.05) is 0 Å². The van der Waals surface area contributed by atoms with Crippen molar-refractivity contribution >= 4 is 6.09 Å². The largest absolute Gasteiger partial charge is 0.444 e. The van der Waals surface area contributed by atoms with E-state index >= 15 is 0 Å². The maximum atomic E-state index is 14.4. The Hall–Kier alpha value is -1.76. The van der Waals surface area contributed by atoms with Gasteiger partial charge >= 0.3 is 12.0 Å². The molecule has 24 heavy (non-hydrogen) atoms. The molecule has 0 radical (unpaired) electrons. The van der Waals surface area contributed by atoms with Crippen LogP contribution in [0.3, 0.4) is 0 Å². The van der Waals surface area contributed by atoms with Crippen LogP contribution in [0.4, 0.5) is 18.0 Å². The van der Waals surface area contributed by atoms with E-state index in [9.17, 15) is 23.1 Å². The number of hydrogen-bond donors (Lipinski definition) is 2. The van der Waals surface area contributed by atoms with Crippen molar-refractivity contribution in [1.29, 1.82) is 0 Å². The minimum atomic E-state index is -3.74. The number of alkyl carbamates (subject to hydrolysis) is 1. The van der Waals surface area contributed by atoms with Gasteiger partial charge in [-0.05, 0) is 32.8 Å². The van der Waals surface area contributed by atoms with E-state index in [-0.39, 0.29) is 12.1 Å². The minimum Gasteiger partial charge on any atom is -0.444 e. The van der Waals surface area contributed by atoms with Crippen molar-refractivity contribution in [1.82, 2.24) is 5.32 Å². The Morgan fingerprint density at radius 2 is 1.88 bits per heavy atom. The lowest BCUT2D eigenvalue weighted by molar-refractivity contribution is -0.134. The molecular weight excluding hydrogens is 323 g/mol. The maximum Gasteiger partial charge on any atom is 0.407 e. The number of carbonyl (C=O) groups is 1. The van der Waals surface area contributed by atoms with E-state index in [4.69, 9.17) is 4.74 Å². The fourth-order valence-corrected chi connectivity index (χ4v) is 2.03. The molecule has 1 unspecified atom stereocenters. The number of nitrogens with one attached hydrogen (secondary N) is 1. The zero-order valence-corrected chi connectivity index (χ0v) is 14.5. The van der Waals surface area contributed by atoms with Crippen LogP contribution < -0.4 is 5.32 Å². The molecule has 0 saturated heterocycles. The molecule has 7 heteroatoms. The highest BCUT2D eigenvalue weighted by atomic mass is 19.3. The van der Waals surface area contributed by atoms with Gasteiger partial charge in [0, 0.05) is 12.1 Å². The summed E-state index contributed by atoms with van der Waals surface area (Å²) in [7, 11) is 0. The van der Waals surface area contributed by atoms with Crippen LogP contribution in [0.5, 0.6) is 0 Å². The summed E-state index contributed by atoms with van der Waals surface area (Å²) in [4.78, 5) is 11.6. The van der Waals surface area contributed by atoms with Crippen LogP contribution in [0.1, 0.15) is 45.7 Å². The van der Waals surface area contributed by atoms with Gasteiger partial charge in [0.2, 0.25) is 0 Å². The molecule has 0 spiro atoms. The van der Waals surface area contributed by atoms with Gasteiger partial charge in [-0.1, -0.05) is 26.0 Å². The molecule has 1 atom stereocenters. The summed E-state index contributed by atoms with van der Waals surface area (Å²) in [6.07, 6.45) is -2.79. The highest BCUT2D eigenvalue weighted by Gasteiger charge is 2.44. The van der Waals surface area contributed by atoms with Gasteiger partial charge in [-0.15, -0.1) is 0 Å². The molecule has 136 valence electrons. The molecule has 2 N–H and O–H groups in total. The second-order valence-electron chi connectivity index (χ2n) is 6.95. The predicted molar refractivity (Wildman–Crippen MR) is 84.2 cm³/mol. The standard InChI is InChI=1S/C17H24F3NO3/c1-10(2)14(22)17(19,20)12-8-6-7-11(13(12)18)9-21-15(23)24-16(3,4)5/h6-8,10,14,22H,9H2,1-5H3,(H,21,23). The molecule has 0 aliphatic rings. The first-order valence-corrected chi connectivity index (χ1v) is 7.67. The third kappa shape index (κ3) is 5.12. The second kappa shape index (κ2) is 7.42. The fourth-order valence-electron chi connectivity index (χ4n) is 2.03. The Labute approximate surface area is 140 Å². The number of hydrogen-bond acceptors (Lipinski definition) is 3. The molecule has 1 amide bonds. The number of ether oxygens (including phenoxy) is 1. The zero-order chi connectivity index (χ0) is 18.7. The number of benzene rings is 1. The normalized spacial score (nSPS) is 13.8. The van der Waals surface area contributed by atoms with Crippen molar-refractivity contribution in [3.8, 4) is 0 Å². The van der Waals surface area contributed by atoms with Crippen molar-refractivity contribution in [2.24, 2.45) is 5.92 Å². The fraction of sp³-hybridized carbons (Fsp3) is 0.588. The predicted octanol–water partition coefficient (Wildman–Crippen LogP) is 3.96. The summed E-state index contributed by atoms with van der Waals surface area (Å²) < 4.78 is 47.9. The summed E-state index contributed by atoms with van der Waals surface area (Å²) in [6, 6.07) is 3.47. The highest BCUT2D eigenvalue weighted by Crippen LogP contribution is 2.37. The van der Waals surface area contributed by atoms with E-state index in [1.165, 1.54) is 26.0 Å². The Morgan fingerprint density at radius 1 is 1.29 bits per heavy atom. The lowest BCUT2D eigenvalue weighted by atomic mass is 9.93. The summed E-state index contributed by atoms with van der Waals surface area (Å²) in [5.74, 6) is -5.64. The van der Waals surface area contributed by atoms with Gasteiger partial charge in [-0.2, -0.15) is 8.78 Å². The second-order valence-corrected chi connectivity index (χ2v) is 6.95. The number of aliphatic hydroxyl groups is 1. The minimum absolute atomic E-state index is 0.117. The molecule has 1 aromatic rings. The molecule has 0 saturated carbocycles. The number of rotatable bonds is 5. The number of alkyl halides is 2. The lowest BCUT2D eigenvalue weighted by Gasteiger charge is -2.26. The van der Waals surface area contributed by atoms with Crippen LogP contribution in [-0.4, -0.2) is 22.9 Å². The summed E-state index contributed by atoms with van der Waals surface area (Å²) in [6.45, 7) is 7.54. The van der Waals surface area contributed by atoms with Gasteiger partial charge < -0.3 is 15.2 Å². The monoisotopic (exact) mass is 347 g/mol. The molecule has 1 rings (SSSR count). The van der Waals surface area contributed by atoms with E-state index in [0.29, 0.717) is 0 Å². The van der Waals surface area contributed by atoms with E-state index < -0.39 is 41.0 Å². The Balaban J connectivity index is 2.96. The van der Waals surface area contributed by atoms with Crippen molar-refractivity contribution in [3.63, 3.8) is 0 Å². The Kier molecular flexibility index (Phi) is 6.27. The van der Waals surface area contributed by atoms with Crippen molar-refractivity contribution in [3.05, 3.63) is 35.1 Å². The lowest BCUT2D eigenvalue weighted by Crippen LogP contribution is -2.36. The summed E-state index contributed by atoms with van der Waals surface area (Å²) >= 11 is 0. The van der Waals surface area contributed by atoms with Gasteiger partial charge in [-0.3, -0.25) is 0 Å². The van der Waals surface area contributed by atoms with Crippen molar-refractivity contribution in [2.45, 2.75) is 58.8 Å². The van der Waals surface area contributed by atoms with Gasteiger partial charge in [0.25, 0.3) is 0 Å². The Morgan fingerprint density at radius 3 is 2.38 bits per heavy atom. The van der Waals surface area contributed by atoms with Crippen LogP contribution in [0.25, 0.3) is 0 Å². The first-order chi connectivity index (χ1) is 10.9. The number of carbonyl (C=O) groups excluding carboxylic acids is 1. The number of aliphatic hydroxyl groups excluding tert-OH is 1. The van der Waals surface area contributed by atoms with Crippen LogP contribution in [0.15, 0.2) is 18.2 Å². The molecule has 0 fully saturated rings. The van der Waals surface area contributed by atoms with E-state index in [1.807, 2.05) is 0 Å². The third-order valence-electron chi connectivity index (χ3n) is 3.26. The van der Waals surface area contributed by atoms with E-state index in [0.717, 1.165) is 6.07 Å². The van der Waals surface area contributed by atoms with E-state index in [1.54, 1.807) is 20.8 Å². The van der Waals surface area contributed by atoms with E-state index in [2.05, 4.69) is 5.32 Å². The first kappa shape index (κ1) is 20.3. The first-order valence-electron chi connectivity index (χ1n) is 7.67. The molecular formula is C17H24F3NO3. The van der Waals surface area contributed by atoms with Crippen LogP contribution >= 0.6 is 0 Å². The molecule has 4 nitrogen and oxygen atoms in total. The average molecular weight is 347 g/mol. The topological polar surface area (TPSA) is 58.6 Å². The molecule has 0 aliphatic heterocycles. The van der Waals surface area contributed by atoms with Gasteiger partial charge in [0.05, 0.1) is 5.56 Å². The maximum absolute atomic E-state index is 14.4. The summed E-state index contributed by atoms with van der Waals surface area (Å²) in [5.41, 5.74) is -1.74. The summed E-state index contributed by atoms with van der Waals surface area (Å²) in [5, 5.41) is 12.0. The molecule has 0 bridgehead atoms. The number of halogens is 3. The van der Waals surface area contributed by atoms with Crippen LogP contribution in [-0.2, 0) is 17.2 Å². The third-order valence-corrected chi connectivity index (χ3v) is 3.26. The van der Waals surface area contributed by atoms with Crippen LogP contribution in [0.2, 0.25) is 0 Å². The smallest absolute Gasteiger partial charge is 0.407 e.